The second-order valence-electron chi connectivity index (χ2n) is 6.24. The van der Waals surface area contributed by atoms with Crippen LogP contribution in [0.4, 0.5) is 17.3 Å². The monoisotopic (exact) mass is 355 g/mol. The molecule has 2 aromatic carbocycles. The van der Waals surface area contributed by atoms with Crippen molar-refractivity contribution in [2.45, 2.75) is 12.8 Å². The van der Waals surface area contributed by atoms with Crippen LogP contribution >= 0.6 is 0 Å². The topological polar surface area (TPSA) is 81.9 Å². The molecule has 0 aliphatic carbocycles. The highest BCUT2D eigenvalue weighted by atomic mass is 16.1. The van der Waals surface area contributed by atoms with Crippen molar-refractivity contribution in [3.8, 4) is 6.07 Å². The number of benzene rings is 2. The summed E-state index contributed by atoms with van der Waals surface area (Å²) in [6.45, 7) is 0.805. The van der Waals surface area contributed by atoms with Crippen molar-refractivity contribution in [1.82, 2.24) is 9.97 Å². The lowest BCUT2D eigenvalue weighted by atomic mass is 10.0. The molecular weight excluding hydrogens is 338 g/mol. The summed E-state index contributed by atoms with van der Waals surface area (Å²) in [5.74, 6) is 0.134. The molecule has 4 rings (SSSR count). The first-order valence-electron chi connectivity index (χ1n) is 8.75. The molecule has 1 aliphatic rings. The minimum atomic E-state index is -0.369. The zero-order valence-electron chi connectivity index (χ0n) is 14.6. The highest BCUT2D eigenvalue weighted by Crippen LogP contribution is 2.31. The molecule has 0 atom stereocenters. The SMILES string of the molecule is N#Cc1ccccc1NC(=O)c1ccnc(N2CCCc3ccccc32)n1. The molecule has 6 nitrogen and oxygen atoms in total. The molecule has 1 aliphatic heterocycles. The molecular formula is C21H17N5O. The van der Waals surface area contributed by atoms with Gasteiger partial charge in [0.05, 0.1) is 11.3 Å². The number of hydrogen-bond acceptors (Lipinski definition) is 5. The Labute approximate surface area is 157 Å². The van der Waals surface area contributed by atoms with Crippen LogP contribution < -0.4 is 10.2 Å². The van der Waals surface area contributed by atoms with E-state index in [2.05, 4.69) is 27.4 Å². The average molecular weight is 355 g/mol. The van der Waals surface area contributed by atoms with Crippen molar-refractivity contribution < 1.29 is 4.79 Å². The Morgan fingerprint density at radius 2 is 1.93 bits per heavy atom. The van der Waals surface area contributed by atoms with E-state index < -0.39 is 0 Å². The molecule has 0 saturated heterocycles. The third-order valence-corrected chi connectivity index (χ3v) is 4.52. The van der Waals surface area contributed by atoms with Crippen molar-refractivity contribution in [2.75, 3.05) is 16.8 Å². The number of anilines is 3. The van der Waals surface area contributed by atoms with Gasteiger partial charge in [0, 0.05) is 18.4 Å². The molecule has 1 N–H and O–H groups in total. The summed E-state index contributed by atoms with van der Waals surface area (Å²) < 4.78 is 0. The predicted octanol–water partition coefficient (Wildman–Crippen LogP) is 3.68. The highest BCUT2D eigenvalue weighted by molar-refractivity contribution is 6.03. The number of nitriles is 1. The molecule has 27 heavy (non-hydrogen) atoms. The van der Waals surface area contributed by atoms with Gasteiger partial charge in [-0.2, -0.15) is 5.26 Å². The Morgan fingerprint density at radius 1 is 1.11 bits per heavy atom. The van der Waals surface area contributed by atoms with Gasteiger partial charge in [-0.15, -0.1) is 0 Å². The van der Waals surface area contributed by atoms with Crippen LogP contribution in [0, 0.1) is 11.3 Å². The number of para-hydroxylation sites is 2. The number of fused-ring (bicyclic) bond motifs is 1. The number of hydrogen-bond donors (Lipinski definition) is 1. The third-order valence-electron chi connectivity index (χ3n) is 4.52. The van der Waals surface area contributed by atoms with Gasteiger partial charge in [0.2, 0.25) is 5.95 Å². The fraction of sp³-hybridized carbons (Fsp3) is 0.143. The zero-order chi connectivity index (χ0) is 18.6. The smallest absolute Gasteiger partial charge is 0.274 e. The molecule has 0 bridgehead atoms. The van der Waals surface area contributed by atoms with Gasteiger partial charge in [0.1, 0.15) is 11.8 Å². The van der Waals surface area contributed by atoms with E-state index in [9.17, 15) is 10.1 Å². The summed E-state index contributed by atoms with van der Waals surface area (Å²) in [5, 5.41) is 11.9. The van der Waals surface area contributed by atoms with Crippen molar-refractivity contribution in [2.24, 2.45) is 0 Å². The van der Waals surface area contributed by atoms with Gasteiger partial charge in [-0.3, -0.25) is 4.79 Å². The van der Waals surface area contributed by atoms with Gasteiger partial charge in [0.15, 0.2) is 0 Å². The minimum absolute atomic E-state index is 0.260. The second kappa shape index (κ2) is 7.26. The standard InChI is InChI=1S/C21H17N5O/c22-14-16-7-1-3-9-17(16)24-20(27)18-11-12-23-21(25-18)26-13-5-8-15-6-2-4-10-19(15)26/h1-4,6-7,9-12H,5,8,13H2,(H,24,27). The number of aromatic nitrogens is 2. The Morgan fingerprint density at radius 3 is 2.81 bits per heavy atom. The largest absolute Gasteiger partial charge is 0.319 e. The van der Waals surface area contributed by atoms with Crippen LogP contribution in [0.25, 0.3) is 0 Å². The first kappa shape index (κ1) is 16.7. The van der Waals surface area contributed by atoms with Gasteiger partial charge in [-0.05, 0) is 42.7 Å². The maximum atomic E-state index is 12.6. The Balaban J connectivity index is 1.62. The van der Waals surface area contributed by atoms with Crippen LogP contribution in [0.15, 0.2) is 60.8 Å². The summed E-state index contributed by atoms with van der Waals surface area (Å²) in [5.41, 5.74) is 3.47. The van der Waals surface area contributed by atoms with E-state index in [1.807, 2.05) is 23.1 Å². The van der Waals surface area contributed by atoms with E-state index >= 15 is 0 Å². The van der Waals surface area contributed by atoms with Crippen molar-refractivity contribution in [3.63, 3.8) is 0 Å². The summed E-state index contributed by atoms with van der Waals surface area (Å²) in [4.78, 5) is 23.5. The normalized spacial score (nSPS) is 12.8. The quantitative estimate of drug-likeness (QED) is 0.775. The maximum Gasteiger partial charge on any atom is 0.274 e. The summed E-state index contributed by atoms with van der Waals surface area (Å²) in [7, 11) is 0. The van der Waals surface area contributed by atoms with Crippen LogP contribution in [0.1, 0.15) is 28.0 Å². The Bertz CT molecular complexity index is 1040. The fourth-order valence-electron chi connectivity index (χ4n) is 3.22. The lowest BCUT2D eigenvalue weighted by Gasteiger charge is -2.29. The van der Waals surface area contributed by atoms with Crippen LogP contribution in [-0.2, 0) is 6.42 Å². The first-order valence-corrected chi connectivity index (χ1v) is 8.75. The lowest BCUT2D eigenvalue weighted by Crippen LogP contribution is -2.27. The van der Waals surface area contributed by atoms with Crippen LogP contribution in [-0.4, -0.2) is 22.4 Å². The van der Waals surface area contributed by atoms with E-state index in [0.29, 0.717) is 17.2 Å². The van der Waals surface area contributed by atoms with E-state index in [1.165, 1.54) is 5.56 Å². The molecule has 0 unspecified atom stereocenters. The molecule has 3 aromatic rings. The number of rotatable bonds is 3. The fourth-order valence-corrected chi connectivity index (χ4v) is 3.22. The molecule has 2 heterocycles. The van der Waals surface area contributed by atoms with Gasteiger partial charge in [-0.1, -0.05) is 30.3 Å². The van der Waals surface area contributed by atoms with Crippen molar-refractivity contribution >= 4 is 23.2 Å². The first-order chi connectivity index (χ1) is 13.3. The second-order valence-corrected chi connectivity index (χ2v) is 6.24. The number of nitrogens with zero attached hydrogens (tertiary/aromatic N) is 4. The summed E-state index contributed by atoms with van der Waals surface area (Å²) in [6.07, 6.45) is 3.62. The number of aryl methyl sites for hydroxylation is 1. The molecule has 0 saturated carbocycles. The molecule has 6 heteroatoms. The summed E-state index contributed by atoms with van der Waals surface area (Å²) >= 11 is 0. The molecule has 0 radical (unpaired) electrons. The minimum Gasteiger partial charge on any atom is -0.319 e. The van der Waals surface area contributed by atoms with Gasteiger partial charge in [-0.25, -0.2) is 9.97 Å². The molecule has 1 aromatic heterocycles. The zero-order valence-corrected chi connectivity index (χ0v) is 14.6. The lowest BCUT2D eigenvalue weighted by molar-refractivity contribution is 0.102. The molecule has 132 valence electrons. The van der Waals surface area contributed by atoms with Crippen LogP contribution in [0.2, 0.25) is 0 Å². The van der Waals surface area contributed by atoms with Gasteiger partial charge in [0.25, 0.3) is 5.91 Å². The molecule has 0 spiro atoms. The number of carbonyl (C=O) groups is 1. The van der Waals surface area contributed by atoms with E-state index in [0.717, 1.165) is 25.1 Å². The number of amides is 1. The number of nitrogens with one attached hydrogen (secondary N) is 1. The highest BCUT2D eigenvalue weighted by Gasteiger charge is 2.21. The van der Waals surface area contributed by atoms with Gasteiger partial charge < -0.3 is 10.2 Å². The number of carbonyl (C=O) groups excluding carboxylic acids is 1. The maximum absolute atomic E-state index is 12.6. The average Bonchev–Trinajstić information content (AvgIpc) is 2.74. The van der Waals surface area contributed by atoms with Crippen LogP contribution in [0.3, 0.4) is 0 Å². The van der Waals surface area contributed by atoms with Crippen molar-refractivity contribution in [3.05, 3.63) is 77.6 Å². The third kappa shape index (κ3) is 3.35. The predicted molar refractivity (Wildman–Crippen MR) is 103 cm³/mol. The van der Waals surface area contributed by atoms with E-state index in [-0.39, 0.29) is 11.6 Å². The van der Waals surface area contributed by atoms with E-state index in [4.69, 9.17) is 0 Å². The Kier molecular flexibility index (Phi) is 4.50. The van der Waals surface area contributed by atoms with Gasteiger partial charge >= 0.3 is 0 Å². The Hall–Kier alpha value is -3.72. The van der Waals surface area contributed by atoms with E-state index in [1.54, 1.807) is 36.5 Å². The summed E-state index contributed by atoms with van der Waals surface area (Å²) in [6, 6.07) is 18.7. The van der Waals surface area contributed by atoms with Crippen molar-refractivity contribution in [1.29, 1.82) is 5.26 Å². The van der Waals surface area contributed by atoms with Crippen LogP contribution in [0.5, 0.6) is 0 Å². The molecule has 0 fully saturated rings. The molecule has 1 amide bonds.